The van der Waals surface area contributed by atoms with Crippen molar-refractivity contribution in [2.45, 2.75) is 0 Å². The second kappa shape index (κ2) is 7.98. The van der Waals surface area contributed by atoms with Crippen LogP contribution in [0, 0.1) is 0 Å². The summed E-state index contributed by atoms with van der Waals surface area (Å²) < 4.78 is 5.45. The van der Waals surface area contributed by atoms with E-state index in [-0.39, 0.29) is 11.3 Å². The number of phenolic OH excluding ortho intramolecular Hbond substituents is 1. The van der Waals surface area contributed by atoms with Crippen molar-refractivity contribution in [3.8, 4) is 11.5 Å². The molecule has 0 spiro atoms. The zero-order chi connectivity index (χ0) is 18.4. The standard InChI is InChI=1S/C21H18N2O3/c1-2-10-26-18-9-5-6-15(11-18)14-22-23-21(25)19-12-16-7-3-4-8-17(16)13-20(19)24/h2-9,11-14,24H,1,10H2,(H,23,25)/b22-14-. The van der Waals surface area contributed by atoms with Gasteiger partial charge in [-0.25, -0.2) is 5.43 Å². The molecule has 0 fully saturated rings. The van der Waals surface area contributed by atoms with Gasteiger partial charge in [0.15, 0.2) is 0 Å². The van der Waals surface area contributed by atoms with E-state index in [1.54, 1.807) is 24.3 Å². The van der Waals surface area contributed by atoms with Crippen LogP contribution in [-0.2, 0) is 0 Å². The van der Waals surface area contributed by atoms with Gasteiger partial charge < -0.3 is 9.84 Å². The Bertz CT molecular complexity index is 980. The molecule has 0 aliphatic heterocycles. The Morgan fingerprint density at radius 2 is 1.88 bits per heavy atom. The van der Waals surface area contributed by atoms with Crippen LogP contribution >= 0.6 is 0 Å². The number of amides is 1. The van der Waals surface area contributed by atoms with E-state index in [0.29, 0.717) is 12.4 Å². The number of nitrogens with one attached hydrogen (secondary N) is 1. The van der Waals surface area contributed by atoms with Crippen LogP contribution in [0.25, 0.3) is 10.8 Å². The molecule has 3 rings (SSSR count). The predicted octanol–water partition coefficient (Wildman–Crippen LogP) is 3.87. The number of hydrazone groups is 1. The molecule has 0 heterocycles. The van der Waals surface area contributed by atoms with E-state index in [9.17, 15) is 9.90 Å². The molecule has 5 heteroatoms. The molecule has 0 radical (unpaired) electrons. The van der Waals surface area contributed by atoms with E-state index < -0.39 is 5.91 Å². The number of aromatic hydroxyl groups is 1. The summed E-state index contributed by atoms with van der Waals surface area (Å²) in [7, 11) is 0. The third-order valence-corrected chi connectivity index (χ3v) is 3.71. The van der Waals surface area contributed by atoms with Crippen LogP contribution in [0.4, 0.5) is 0 Å². The Kier molecular flexibility index (Phi) is 5.29. The van der Waals surface area contributed by atoms with Gasteiger partial charge in [0.05, 0.1) is 11.8 Å². The number of nitrogens with zero attached hydrogens (tertiary/aromatic N) is 1. The van der Waals surface area contributed by atoms with Gasteiger partial charge >= 0.3 is 0 Å². The monoisotopic (exact) mass is 346 g/mol. The summed E-state index contributed by atoms with van der Waals surface area (Å²) in [6.45, 7) is 4.02. The van der Waals surface area contributed by atoms with Crippen LogP contribution < -0.4 is 10.2 Å². The first-order valence-electron chi connectivity index (χ1n) is 8.06. The highest BCUT2D eigenvalue weighted by Gasteiger charge is 2.11. The van der Waals surface area contributed by atoms with E-state index in [0.717, 1.165) is 16.3 Å². The van der Waals surface area contributed by atoms with Gasteiger partial charge in [-0.05, 0) is 40.6 Å². The van der Waals surface area contributed by atoms with Crippen molar-refractivity contribution >= 4 is 22.9 Å². The molecular formula is C21H18N2O3. The topological polar surface area (TPSA) is 70.9 Å². The molecule has 0 aliphatic rings. The van der Waals surface area contributed by atoms with Gasteiger partial charge in [0.2, 0.25) is 0 Å². The third kappa shape index (κ3) is 4.08. The summed E-state index contributed by atoms with van der Waals surface area (Å²) in [5.74, 6) is 0.118. The molecule has 3 aromatic rings. The first-order chi connectivity index (χ1) is 12.7. The van der Waals surface area contributed by atoms with Crippen LogP contribution in [0.3, 0.4) is 0 Å². The first-order valence-corrected chi connectivity index (χ1v) is 8.06. The Labute approximate surface area is 151 Å². The molecule has 0 saturated heterocycles. The third-order valence-electron chi connectivity index (χ3n) is 3.71. The highest BCUT2D eigenvalue weighted by Crippen LogP contribution is 2.24. The quantitative estimate of drug-likeness (QED) is 0.404. The molecule has 1 amide bonds. The number of hydrogen-bond donors (Lipinski definition) is 2. The molecule has 0 unspecified atom stereocenters. The number of fused-ring (bicyclic) bond motifs is 1. The number of phenols is 1. The number of ether oxygens (including phenoxy) is 1. The molecule has 0 aromatic heterocycles. The van der Waals surface area contributed by atoms with Crippen LogP contribution in [0.2, 0.25) is 0 Å². The Morgan fingerprint density at radius 3 is 2.65 bits per heavy atom. The van der Waals surface area contributed by atoms with Gasteiger partial charge in [0.1, 0.15) is 18.1 Å². The van der Waals surface area contributed by atoms with Crippen molar-refractivity contribution in [1.82, 2.24) is 5.43 Å². The van der Waals surface area contributed by atoms with Gasteiger partial charge in [0.25, 0.3) is 5.91 Å². The number of rotatable bonds is 6. The zero-order valence-electron chi connectivity index (χ0n) is 14.1. The summed E-state index contributed by atoms with van der Waals surface area (Å²) in [5.41, 5.74) is 3.37. The van der Waals surface area contributed by atoms with Gasteiger partial charge in [0, 0.05) is 0 Å². The molecule has 2 N–H and O–H groups in total. The van der Waals surface area contributed by atoms with Crippen LogP contribution in [0.15, 0.2) is 78.4 Å². The van der Waals surface area contributed by atoms with Crippen LogP contribution in [-0.4, -0.2) is 23.8 Å². The van der Waals surface area contributed by atoms with Crippen molar-refractivity contribution in [1.29, 1.82) is 0 Å². The molecule has 0 atom stereocenters. The maximum absolute atomic E-state index is 12.3. The Balaban J connectivity index is 1.71. The smallest absolute Gasteiger partial charge is 0.275 e. The van der Waals surface area contributed by atoms with Gasteiger partial charge in [-0.2, -0.15) is 5.10 Å². The molecule has 26 heavy (non-hydrogen) atoms. The lowest BCUT2D eigenvalue weighted by Gasteiger charge is -2.06. The van der Waals surface area contributed by atoms with E-state index >= 15 is 0 Å². The summed E-state index contributed by atoms with van der Waals surface area (Å²) in [6.07, 6.45) is 3.17. The maximum atomic E-state index is 12.3. The Morgan fingerprint density at radius 1 is 1.12 bits per heavy atom. The average Bonchev–Trinajstić information content (AvgIpc) is 2.66. The summed E-state index contributed by atoms with van der Waals surface area (Å²) in [5, 5.41) is 15.8. The lowest BCUT2D eigenvalue weighted by atomic mass is 10.1. The number of carbonyl (C=O) groups is 1. The lowest BCUT2D eigenvalue weighted by Crippen LogP contribution is -2.17. The van der Waals surface area contributed by atoms with Crippen LogP contribution in [0.1, 0.15) is 15.9 Å². The number of hydrogen-bond acceptors (Lipinski definition) is 4. The van der Waals surface area contributed by atoms with E-state index in [1.165, 1.54) is 6.21 Å². The minimum absolute atomic E-state index is 0.0868. The van der Waals surface area contributed by atoms with Crippen molar-refractivity contribution in [2.75, 3.05) is 6.61 Å². The highest BCUT2D eigenvalue weighted by atomic mass is 16.5. The maximum Gasteiger partial charge on any atom is 0.275 e. The van der Waals surface area contributed by atoms with E-state index in [4.69, 9.17) is 4.74 Å². The fourth-order valence-electron chi connectivity index (χ4n) is 2.48. The lowest BCUT2D eigenvalue weighted by molar-refractivity contribution is 0.0952. The SMILES string of the molecule is C=CCOc1cccc(/C=N\NC(=O)c2cc3ccccc3cc2O)c1. The fourth-order valence-corrected chi connectivity index (χ4v) is 2.48. The van der Waals surface area contributed by atoms with E-state index in [2.05, 4.69) is 17.1 Å². The van der Waals surface area contributed by atoms with Gasteiger partial charge in [-0.1, -0.05) is 49.1 Å². The molecule has 130 valence electrons. The normalized spacial score (nSPS) is 10.8. The highest BCUT2D eigenvalue weighted by molar-refractivity contribution is 6.01. The van der Waals surface area contributed by atoms with Gasteiger partial charge in [-0.15, -0.1) is 0 Å². The first kappa shape index (κ1) is 17.2. The van der Waals surface area contributed by atoms with Crippen molar-refractivity contribution in [3.05, 3.63) is 84.4 Å². The van der Waals surface area contributed by atoms with Gasteiger partial charge in [-0.3, -0.25) is 4.79 Å². The Hall–Kier alpha value is -3.60. The molecular weight excluding hydrogens is 328 g/mol. The minimum Gasteiger partial charge on any atom is -0.507 e. The molecule has 0 saturated carbocycles. The summed E-state index contributed by atoms with van der Waals surface area (Å²) >= 11 is 0. The fraction of sp³-hybridized carbons (Fsp3) is 0.0476. The second-order valence-corrected chi connectivity index (χ2v) is 5.59. The number of benzene rings is 3. The molecule has 0 aliphatic carbocycles. The molecule has 5 nitrogen and oxygen atoms in total. The number of carbonyl (C=O) groups excluding carboxylic acids is 1. The average molecular weight is 346 g/mol. The van der Waals surface area contributed by atoms with Crippen LogP contribution in [0.5, 0.6) is 11.5 Å². The van der Waals surface area contributed by atoms with Crippen molar-refractivity contribution in [2.24, 2.45) is 5.10 Å². The zero-order valence-corrected chi connectivity index (χ0v) is 14.1. The molecule has 3 aromatic carbocycles. The summed E-state index contributed by atoms with van der Waals surface area (Å²) in [4.78, 5) is 12.3. The largest absolute Gasteiger partial charge is 0.507 e. The van der Waals surface area contributed by atoms with Crippen molar-refractivity contribution in [3.63, 3.8) is 0 Å². The van der Waals surface area contributed by atoms with Crippen molar-refractivity contribution < 1.29 is 14.6 Å². The minimum atomic E-state index is -0.483. The second-order valence-electron chi connectivity index (χ2n) is 5.59. The molecule has 0 bridgehead atoms. The predicted molar refractivity (Wildman–Crippen MR) is 103 cm³/mol. The van der Waals surface area contributed by atoms with E-state index in [1.807, 2.05) is 42.5 Å². The summed E-state index contributed by atoms with van der Waals surface area (Å²) in [6, 6.07) is 18.0.